The van der Waals surface area contributed by atoms with Gasteiger partial charge in [0, 0.05) is 13.1 Å². The number of carboxylic acid groups (broad SMARTS) is 2. The predicted molar refractivity (Wildman–Crippen MR) is 58.0 cm³/mol. The summed E-state index contributed by atoms with van der Waals surface area (Å²) in [6.07, 6.45) is -1.90. The minimum atomic E-state index is -1.53. The summed E-state index contributed by atoms with van der Waals surface area (Å²) in [6.45, 7) is -2.06. The van der Waals surface area contributed by atoms with Crippen molar-refractivity contribution in [3.05, 3.63) is 0 Å². The molecule has 0 aliphatic carbocycles. The molecule has 0 bridgehead atoms. The molecule has 22 heavy (non-hydrogen) atoms. The zero-order valence-corrected chi connectivity index (χ0v) is 19.2. The molecule has 2 amide bonds. The van der Waals surface area contributed by atoms with E-state index in [1.165, 1.54) is 0 Å². The fourth-order valence-electron chi connectivity index (χ4n) is 1.28. The minimum absolute atomic E-state index is 0. The van der Waals surface area contributed by atoms with E-state index in [9.17, 15) is 29.4 Å². The molecule has 0 aromatic rings. The fourth-order valence-corrected chi connectivity index (χ4v) is 1.28. The second-order valence-electron chi connectivity index (χ2n) is 3.53. The standard InChI is InChI=1S/C10H16N2O8.2K/c1-19-9(17)11(5-7(13)14)3-4-12(6-8(15)16)10(18)20-2;;/h3-6H2,1-2H3,(H,13,14)(H,15,16);;/q;2*+1/p-2. The maximum absolute atomic E-state index is 11.3. The second kappa shape index (κ2) is 15.3. The maximum atomic E-state index is 11.3. The number of hydrogen-bond acceptors (Lipinski definition) is 8. The Labute approximate surface area is 212 Å². The second-order valence-corrected chi connectivity index (χ2v) is 3.53. The number of aliphatic carboxylic acids is 2. The molecule has 0 aromatic carbocycles. The van der Waals surface area contributed by atoms with Gasteiger partial charge in [0.1, 0.15) is 0 Å². The molecule has 114 valence electrons. The third kappa shape index (κ3) is 12.2. The molecule has 0 saturated heterocycles. The van der Waals surface area contributed by atoms with Crippen LogP contribution in [0.5, 0.6) is 0 Å². The summed E-state index contributed by atoms with van der Waals surface area (Å²) < 4.78 is 8.69. The normalized spacial score (nSPS) is 8.64. The summed E-state index contributed by atoms with van der Waals surface area (Å²) in [4.78, 5) is 45.0. The van der Waals surface area contributed by atoms with Crippen LogP contribution in [-0.4, -0.2) is 74.3 Å². The van der Waals surface area contributed by atoms with Gasteiger partial charge >= 0.3 is 115 Å². The zero-order valence-electron chi connectivity index (χ0n) is 13.0. The molecule has 0 spiro atoms. The van der Waals surface area contributed by atoms with Gasteiger partial charge in [-0.2, -0.15) is 0 Å². The molecule has 0 N–H and O–H groups in total. The number of carboxylic acids is 2. The van der Waals surface area contributed by atoms with Crippen molar-refractivity contribution >= 4 is 24.1 Å². The molecule has 0 aliphatic rings. The number of carbonyl (C=O) groups is 4. The fraction of sp³-hybridized carbons (Fsp3) is 0.600. The molecule has 12 heteroatoms. The van der Waals surface area contributed by atoms with Crippen LogP contribution < -0.4 is 113 Å². The number of methoxy groups -OCH3 is 2. The van der Waals surface area contributed by atoms with Crippen LogP contribution in [0, 0.1) is 0 Å². The van der Waals surface area contributed by atoms with E-state index >= 15 is 0 Å². The molecule has 0 fully saturated rings. The molecular weight excluding hydrogens is 354 g/mol. The average Bonchev–Trinajstić information content (AvgIpc) is 2.39. The Morgan fingerprint density at radius 1 is 0.773 bits per heavy atom. The van der Waals surface area contributed by atoms with Gasteiger partial charge in [-0.15, -0.1) is 0 Å². The average molecular weight is 368 g/mol. The first-order valence-electron chi connectivity index (χ1n) is 5.37. The Kier molecular flexibility index (Phi) is 19.2. The van der Waals surface area contributed by atoms with Crippen LogP contribution in [-0.2, 0) is 19.1 Å². The molecule has 0 saturated carbocycles. The van der Waals surface area contributed by atoms with Crippen LogP contribution >= 0.6 is 0 Å². The van der Waals surface area contributed by atoms with Gasteiger partial charge < -0.3 is 39.1 Å². The van der Waals surface area contributed by atoms with E-state index in [4.69, 9.17) is 0 Å². The Bertz CT molecular complexity index is 357. The Morgan fingerprint density at radius 2 is 1.05 bits per heavy atom. The summed E-state index contributed by atoms with van der Waals surface area (Å²) in [5.41, 5.74) is 0. The van der Waals surface area contributed by atoms with Gasteiger partial charge in [-0.1, -0.05) is 0 Å². The molecule has 0 heterocycles. The predicted octanol–water partition coefficient (Wildman–Crippen LogP) is -9.37. The Balaban J connectivity index is -0.00000180. The van der Waals surface area contributed by atoms with E-state index in [1.807, 2.05) is 0 Å². The summed E-state index contributed by atoms with van der Waals surface area (Å²) in [5.74, 6) is -3.06. The molecule has 10 nitrogen and oxygen atoms in total. The van der Waals surface area contributed by atoms with Crippen LogP contribution in [0.25, 0.3) is 0 Å². The van der Waals surface area contributed by atoms with Crippen molar-refractivity contribution in [2.75, 3.05) is 40.4 Å². The first kappa shape index (κ1) is 27.6. The third-order valence-corrected chi connectivity index (χ3v) is 2.15. The zero-order chi connectivity index (χ0) is 15.7. The van der Waals surface area contributed by atoms with E-state index in [0.29, 0.717) is 0 Å². The number of ether oxygens (including phenoxy) is 2. The van der Waals surface area contributed by atoms with Gasteiger partial charge in [0.25, 0.3) is 0 Å². The molecule has 0 atom stereocenters. The van der Waals surface area contributed by atoms with Crippen molar-refractivity contribution in [2.24, 2.45) is 0 Å². The van der Waals surface area contributed by atoms with Crippen LogP contribution in [0.15, 0.2) is 0 Å². The van der Waals surface area contributed by atoms with E-state index in [1.54, 1.807) is 0 Å². The van der Waals surface area contributed by atoms with Crippen LogP contribution in [0.3, 0.4) is 0 Å². The van der Waals surface area contributed by atoms with Gasteiger partial charge in [0.2, 0.25) is 0 Å². The molecule has 0 unspecified atom stereocenters. The van der Waals surface area contributed by atoms with Gasteiger partial charge in [-0.3, -0.25) is 0 Å². The Morgan fingerprint density at radius 3 is 1.23 bits per heavy atom. The first-order valence-corrected chi connectivity index (χ1v) is 5.37. The SMILES string of the molecule is COC(=O)N(CCN(CC(=O)[O-])C(=O)OC)CC(=O)[O-].[K+].[K+]. The topological polar surface area (TPSA) is 139 Å². The van der Waals surface area contributed by atoms with Crippen molar-refractivity contribution in [3.63, 3.8) is 0 Å². The molecule has 0 radical (unpaired) electrons. The van der Waals surface area contributed by atoms with E-state index in [2.05, 4.69) is 9.47 Å². The minimum Gasteiger partial charge on any atom is -0.548 e. The Hall–Kier alpha value is 0.753. The van der Waals surface area contributed by atoms with E-state index in [-0.39, 0.29) is 116 Å². The van der Waals surface area contributed by atoms with Crippen molar-refractivity contribution in [2.45, 2.75) is 0 Å². The largest absolute Gasteiger partial charge is 1.00 e. The first-order chi connectivity index (χ1) is 9.31. The van der Waals surface area contributed by atoms with Crippen LogP contribution in [0.2, 0.25) is 0 Å². The molecular formula is C10H14K2N2O8. The summed E-state index contributed by atoms with van der Waals surface area (Å²) >= 11 is 0. The number of hydrogen-bond donors (Lipinski definition) is 0. The van der Waals surface area contributed by atoms with Gasteiger partial charge in [0.15, 0.2) is 0 Å². The molecule has 0 aliphatic heterocycles. The van der Waals surface area contributed by atoms with E-state index in [0.717, 1.165) is 24.0 Å². The number of rotatable bonds is 7. The quantitative estimate of drug-likeness (QED) is 0.404. The summed E-state index contributed by atoms with van der Waals surface area (Å²) in [7, 11) is 2.09. The number of carbonyl (C=O) groups excluding carboxylic acids is 4. The molecule has 0 rings (SSSR count). The van der Waals surface area contributed by atoms with Crippen molar-refractivity contribution in [1.82, 2.24) is 9.80 Å². The van der Waals surface area contributed by atoms with Crippen LogP contribution in [0.4, 0.5) is 9.59 Å². The summed E-state index contributed by atoms with van der Waals surface area (Å²) in [5, 5.41) is 20.9. The maximum Gasteiger partial charge on any atom is 1.00 e. The smallest absolute Gasteiger partial charge is 0.548 e. The third-order valence-electron chi connectivity index (χ3n) is 2.15. The van der Waals surface area contributed by atoms with Gasteiger partial charge in [-0.25, -0.2) is 9.59 Å². The van der Waals surface area contributed by atoms with Crippen LogP contribution in [0.1, 0.15) is 0 Å². The van der Waals surface area contributed by atoms with Gasteiger partial charge in [0.05, 0.1) is 39.2 Å². The monoisotopic (exact) mass is 368 g/mol. The van der Waals surface area contributed by atoms with E-state index < -0.39 is 37.2 Å². The number of nitrogens with zero attached hydrogens (tertiary/aromatic N) is 2. The number of amides is 2. The molecule has 0 aromatic heterocycles. The van der Waals surface area contributed by atoms with Crippen molar-refractivity contribution < 1.29 is 142 Å². The van der Waals surface area contributed by atoms with Crippen molar-refractivity contribution in [3.8, 4) is 0 Å². The van der Waals surface area contributed by atoms with Crippen molar-refractivity contribution in [1.29, 1.82) is 0 Å². The summed E-state index contributed by atoms with van der Waals surface area (Å²) in [6, 6.07) is 0. The van der Waals surface area contributed by atoms with Gasteiger partial charge in [-0.05, 0) is 0 Å².